The molecular formula is C21H24N2O5S. The first-order chi connectivity index (χ1) is 14.0. The Hall–Kier alpha value is -2.74. The van der Waals surface area contributed by atoms with Crippen molar-refractivity contribution in [2.75, 3.05) is 31.0 Å². The molecule has 29 heavy (non-hydrogen) atoms. The number of aryl methyl sites for hydroxylation is 1. The van der Waals surface area contributed by atoms with Crippen LogP contribution in [0.5, 0.6) is 11.5 Å². The summed E-state index contributed by atoms with van der Waals surface area (Å²) in [5.74, 6) is 0.785. The maximum atomic E-state index is 13.1. The average Bonchev–Trinajstić information content (AvgIpc) is 3.14. The van der Waals surface area contributed by atoms with Crippen molar-refractivity contribution in [3.8, 4) is 11.5 Å². The Bertz CT molecular complexity index is 1030. The van der Waals surface area contributed by atoms with E-state index in [-0.39, 0.29) is 10.8 Å². The topological polar surface area (TPSA) is 84.9 Å². The van der Waals surface area contributed by atoms with E-state index in [1.807, 2.05) is 0 Å². The van der Waals surface area contributed by atoms with Gasteiger partial charge in [0.05, 0.1) is 29.4 Å². The minimum absolute atomic E-state index is 0.0598. The summed E-state index contributed by atoms with van der Waals surface area (Å²) in [7, 11) is -3.92. The Labute approximate surface area is 170 Å². The molecule has 0 spiro atoms. The van der Waals surface area contributed by atoms with Crippen molar-refractivity contribution < 1.29 is 22.7 Å². The van der Waals surface area contributed by atoms with Crippen LogP contribution in [0.2, 0.25) is 0 Å². The third kappa shape index (κ3) is 4.03. The highest BCUT2D eigenvalue weighted by Gasteiger charge is 2.26. The molecule has 1 amide bonds. The van der Waals surface area contributed by atoms with Gasteiger partial charge in [-0.2, -0.15) is 0 Å². The molecule has 0 unspecified atom stereocenters. The van der Waals surface area contributed by atoms with Gasteiger partial charge in [-0.15, -0.1) is 0 Å². The molecule has 1 fully saturated rings. The van der Waals surface area contributed by atoms with Gasteiger partial charge in [0.15, 0.2) is 11.5 Å². The summed E-state index contributed by atoms with van der Waals surface area (Å²) in [6.07, 6.45) is 2.67. The van der Waals surface area contributed by atoms with Crippen LogP contribution < -0.4 is 14.2 Å². The van der Waals surface area contributed by atoms with Crippen LogP contribution in [0, 0.1) is 6.92 Å². The van der Waals surface area contributed by atoms with Crippen LogP contribution in [-0.4, -0.2) is 45.5 Å². The van der Waals surface area contributed by atoms with Gasteiger partial charge in [0.2, 0.25) is 0 Å². The number of nitrogens with one attached hydrogen (secondary N) is 1. The van der Waals surface area contributed by atoms with Crippen molar-refractivity contribution in [3.63, 3.8) is 0 Å². The molecule has 1 saturated heterocycles. The number of hydrogen-bond acceptors (Lipinski definition) is 5. The van der Waals surface area contributed by atoms with Gasteiger partial charge < -0.3 is 14.4 Å². The zero-order valence-electron chi connectivity index (χ0n) is 16.3. The molecule has 2 aliphatic rings. The first kappa shape index (κ1) is 19.6. The lowest BCUT2D eigenvalue weighted by Gasteiger charge is -2.20. The number of sulfonamides is 1. The molecule has 154 valence electrons. The van der Waals surface area contributed by atoms with Crippen molar-refractivity contribution in [1.82, 2.24) is 4.90 Å². The SMILES string of the molecule is Cc1cccc(C(=O)N2CCCC2)c1NS(=O)(=O)c1ccc2c(c1)OCCCO2. The van der Waals surface area contributed by atoms with E-state index in [0.717, 1.165) is 19.3 Å². The fourth-order valence-corrected chi connectivity index (χ4v) is 4.74. The number of amides is 1. The third-order valence-electron chi connectivity index (χ3n) is 5.16. The second-order valence-electron chi connectivity index (χ2n) is 7.26. The van der Waals surface area contributed by atoms with Crippen molar-refractivity contribution in [3.05, 3.63) is 47.5 Å². The molecule has 2 aliphatic heterocycles. The number of carbonyl (C=O) groups excluding carboxylic acids is 1. The molecule has 2 aromatic rings. The zero-order valence-corrected chi connectivity index (χ0v) is 17.1. The smallest absolute Gasteiger partial charge is 0.262 e. The van der Waals surface area contributed by atoms with E-state index in [2.05, 4.69) is 4.72 Å². The number of ether oxygens (including phenoxy) is 2. The number of benzene rings is 2. The predicted octanol–water partition coefficient (Wildman–Crippen LogP) is 3.19. The molecule has 8 heteroatoms. The number of para-hydroxylation sites is 1. The van der Waals surface area contributed by atoms with Crippen LogP contribution in [0.15, 0.2) is 41.3 Å². The van der Waals surface area contributed by atoms with E-state index in [9.17, 15) is 13.2 Å². The first-order valence-corrected chi connectivity index (χ1v) is 11.3. The van der Waals surface area contributed by atoms with Crippen LogP contribution in [0.25, 0.3) is 0 Å². The van der Waals surface area contributed by atoms with Gasteiger partial charge in [0.25, 0.3) is 15.9 Å². The summed E-state index contributed by atoms with van der Waals surface area (Å²) < 4.78 is 40.0. The number of fused-ring (bicyclic) bond motifs is 1. The van der Waals surface area contributed by atoms with Crippen molar-refractivity contribution in [2.24, 2.45) is 0 Å². The standard InChI is InChI=1S/C21H24N2O5S/c1-15-6-4-7-17(21(24)23-10-2-3-11-23)20(15)22-29(25,26)16-8-9-18-19(14-16)28-13-5-12-27-18/h4,6-9,14,22H,2-3,5,10-13H2,1H3. The monoisotopic (exact) mass is 416 g/mol. The first-order valence-electron chi connectivity index (χ1n) is 9.77. The number of carbonyl (C=O) groups is 1. The largest absolute Gasteiger partial charge is 0.490 e. The van der Waals surface area contributed by atoms with E-state index < -0.39 is 10.0 Å². The summed E-state index contributed by atoms with van der Waals surface area (Å²) >= 11 is 0. The van der Waals surface area contributed by atoms with Gasteiger partial charge in [0, 0.05) is 25.6 Å². The van der Waals surface area contributed by atoms with Gasteiger partial charge in [0.1, 0.15) is 0 Å². The van der Waals surface area contributed by atoms with E-state index in [1.165, 1.54) is 12.1 Å². The summed E-state index contributed by atoms with van der Waals surface area (Å²) in [6.45, 7) is 4.17. The predicted molar refractivity (Wildman–Crippen MR) is 109 cm³/mol. The lowest BCUT2D eigenvalue weighted by molar-refractivity contribution is 0.0794. The number of rotatable bonds is 4. The van der Waals surface area contributed by atoms with Crippen LogP contribution in [0.3, 0.4) is 0 Å². The second-order valence-corrected chi connectivity index (χ2v) is 8.94. The van der Waals surface area contributed by atoms with E-state index >= 15 is 0 Å². The Morgan fingerprint density at radius 2 is 1.72 bits per heavy atom. The molecule has 4 rings (SSSR count). The highest BCUT2D eigenvalue weighted by Crippen LogP contribution is 2.33. The molecule has 0 atom stereocenters. The molecular weight excluding hydrogens is 392 g/mol. The second kappa shape index (κ2) is 7.94. The van der Waals surface area contributed by atoms with Gasteiger partial charge >= 0.3 is 0 Å². The molecule has 2 aromatic carbocycles. The number of hydrogen-bond donors (Lipinski definition) is 1. The number of anilines is 1. The molecule has 7 nitrogen and oxygen atoms in total. The summed E-state index contributed by atoms with van der Waals surface area (Å²) in [4.78, 5) is 14.8. The highest BCUT2D eigenvalue weighted by atomic mass is 32.2. The Morgan fingerprint density at radius 1 is 1.00 bits per heavy atom. The van der Waals surface area contributed by atoms with Gasteiger partial charge in [-0.1, -0.05) is 12.1 Å². The van der Waals surface area contributed by atoms with Crippen molar-refractivity contribution >= 4 is 21.6 Å². The fraction of sp³-hybridized carbons (Fsp3) is 0.381. The van der Waals surface area contributed by atoms with E-state index in [1.54, 1.807) is 36.1 Å². The summed E-state index contributed by atoms with van der Waals surface area (Å²) in [5, 5.41) is 0. The molecule has 2 heterocycles. The molecule has 0 radical (unpaired) electrons. The summed E-state index contributed by atoms with van der Waals surface area (Å²) in [6, 6.07) is 9.76. The minimum atomic E-state index is -3.92. The highest BCUT2D eigenvalue weighted by molar-refractivity contribution is 7.92. The van der Waals surface area contributed by atoms with E-state index in [4.69, 9.17) is 9.47 Å². The summed E-state index contributed by atoms with van der Waals surface area (Å²) in [5.41, 5.74) is 1.37. The minimum Gasteiger partial charge on any atom is -0.490 e. The van der Waals surface area contributed by atoms with Crippen molar-refractivity contribution in [1.29, 1.82) is 0 Å². The van der Waals surface area contributed by atoms with Gasteiger partial charge in [-0.3, -0.25) is 9.52 Å². The van der Waals surface area contributed by atoms with Crippen LogP contribution in [0.1, 0.15) is 35.2 Å². The fourth-order valence-electron chi connectivity index (χ4n) is 3.58. The van der Waals surface area contributed by atoms with Gasteiger partial charge in [-0.25, -0.2) is 8.42 Å². The van der Waals surface area contributed by atoms with Crippen LogP contribution >= 0.6 is 0 Å². The quantitative estimate of drug-likeness (QED) is 0.827. The number of nitrogens with zero attached hydrogens (tertiary/aromatic N) is 1. The number of likely N-dealkylation sites (tertiary alicyclic amines) is 1. The van der Waals surface area contributed by atoms with Crippen LogP contribution in [0.4, 0.5) is 5.69 Å². The molecule has 0 saturated carbocycles. The molecule has 0 aliphatic carbocycles. The Balaban J connectivity index is 1.66. The molecule has 1 N–H and O–H groups in total. The van der Waals surface area contributed by atoms with E-state index in [0.29, 0.717) is 54.6 Å². The lowest BCUT2D eigenvalue weighted by Crippen LogP contribution is -2.29. The normalized spacial score (nSPS) is 16.4. The van der Waals surface area contributed by atoms with Gasteiger partial charge in [-0.05, 0) is 43.5 Å². The maximum Gasteiger partial charge on any atom is 0.262 e. The Kier molecular flexibility index (Phi) is 5.36. The average molecular weight is 416 g/mol. The lowest BCUT2D eigenvalue weighted by atomic mass is 10.1. The van der Waals surface area contributed by atoms with Crippen molar-refractivity contribution in [2.45, 2.75) is 31.1 Å². The third-order valence-corrected chi connectivity index (χ3v) is 6.51. The molecule has 0 bridgehead atoms. The molecule has 0 aromatic heterocycles. The Morgan fingerprint density at radius 3 is 2.48 bits per heavy atom. The maximum absolute atomic E-state index is 13.1. The zero-order chi connectivity index (χ0) is 20.4. The van der Waals surface area contributed by atoms with Crippen LogP contribution in [-0.2, 0) is 10.0 Å².